The Morgan fingerprint density at radius 2 is 1.79 bits per heavy atom. The van der Waals surface area contributed by atoms with E-state index >= 15 is 0 Å². The van der Waals surface area contributed by atoms with E-state index in [9.17, 15) is 20.1 Å². The molecular weight excluding hydrogens is 464 g/mol. The summed E-state index contributed by atoms with van der Waals surface area (Å²) in [6, 6.07) is 11.7. The molecule has 3 N–H and O–H groups in total. The van der Waals surface area contributed by atoms with E-state index in [1.165, 1.54) is 5.56 Å². The summed E-state index contributed by atoms with van der Waals surface area (Å²) in [4.78, 5) is 11.6. The van der Waals surface area contributed by atoms with Crippen LogP contribution in [0.3, 0.4) is 0 Å². The summed E-state index contributed by atoms with van der Waals surface area (Å²) < 4.78 is 21.6. The average Bonchev–Trinajstić information content (AvgIpc) is 3.18. The molecule has 0 amide bonds. The number of carbonyl (C=O) groups excluding carboxylic acids is 1. The predicted molar refractivity (Wildman–Crippen MR) is 123 cm³/mol. The Hall–Kier alpha value is -2.36. The predicted octanol–water partition coefficient (Wildman–Crippen LogP) is 2.74. The van der Waals surface area contributed by atoms with Gasteiger partial charge in [-0.25, -0.2) is 4.79 Å². The van der Waals surface area contributed by atoms with E-state index in [4.69, 9.17) is 30.5 Å². The van der Waals surface area contributed by atoms with Crippen molar-refractivity contribution in [1.82, 2.24) is 0 Å². The van der Waals surface area contributed by atoms with Gasteiger partial charge in [-0.1, -0.05) is 42.8 Å². The van der Waals surface area contributed by atoms with Crippen molar-refractivity contribution in [3.63, 3.8) is 0 Å². The maximum Gasteiger partial charge on any atom is 0.508 e. The molecule has 2 aromatic carbocycles. The lowest BCUT2D eigenvalue weighted by atomic mass is 9.80. The summed E-state index contributed by atoms with van der Waals surface area (Å²) in [6.45, 7) is 3.39. The zero-order valence-corrected chi connectivity index (χ0v) is 19.8. The van der Waals surface area contributed by atoms with Crippen LogP contribution in [0, 0.1) is 0 Å². The number of hydrogen-bond acceptors (Lipinski definition) is 8. The molecule has 5 atom stereocenters. The van der Waals surface area contributed by atoms with Crippen LogP contribution >= 0.6 is 11.6 Å². The Bertz CT molecular complexity index is 1030. The maximum absolute atomic E-state index is 11.6. The van der Waals surface area contributed by atoms with E-state index in [1.807, 2.05) is 12.1 Å². The van der Waals surface area contributed by atoms with E-state index in [0.29, 0.717) is 22.8 Å². The van der Waals surface area contributed by atoms with Crippen molar-refractivity contribution in [2.24, 2.45) is 0 Å². The standard InChI is InChI=1S/C25H29ClO8/c1-3-14-5-7-15(8-6-14)9-16-10-17-19(11-18(16)26)33-13-25(17)23(29)22(28)21(27)20(34-25)12-32-24(30)31-4-2/h5-8,10-11,20-23,27-29H,3-4,9,12-13H2,1-2H3/t20-,21+,22+,23-,25?/m1/s1. The summed E-state index contributed by atoms with van der Waals surface area (Å²) in [5, 5.41) is 32.5. The minimum atomic E-state index is -1.56. The van der Waals surface area contributed by atoms with Crippen LogP contribution in [0.15, 0.2) is 36.4 Å². The summed E-state index contributed by atoms with van der Waals surface area (Å²) in [5.41, 5.74) is 2.14. The van der Waals surface area contributed by atoms with Crippen molar-refractivity contribution >= 4 is 17.8 Å². The Kier molecular flexibility index (Phi) is 7.35. The first-order chi connectivity index (χ1) is 16.3. The van der Waals surface area contributed by atoms with Gasteiger partial charge in [-0.05, 0) is 48.6 Å². The number of carbonyl (C=O) groups is 1. The van der Waals surface area contributed by atoms with Gasteiger partial charge in [0.2, 0.25) is 0 Å². The van der Waals surface area contributed by atoms with Gasteiger partial charge in [-0.15, -0.1) is 0 Å². The summed E-state index contributed by atoms with van der Waals surface area (Å²) in [6.07, 6.45) is -5.06. The normalized spacial score (nSPS) is 27.8. The van der Waals surface area contributed by atoms with Gasteiger partial charge >= 0.3 is 6.16 Å². The van der Waals surface area contributed by atoms with Crippen LogP contribution in [0.25, 0.3) is 0 Å². The first kappa shape index (κ1) is 24.8. The molecule has 8 nitrogen and oxygen atoms in total. The zero-order valence-electron chi connectivity index (χ0n) is 19.1. The monoisotopic (exact) mass is 492 g/mol. The fourth-order valence-corrected chi connectivity index (χ4v) is 4.66. The molecule has 0 saturated carbocycles. The van der Waals surface area contributed by atoms with Gasteiger partial charge in [0, 0.05) is 10.6 Å². The molecular formula is C25H29ClO8. The molecule has 0 aliphatic carbocycles. The highest BCUT2D eigenvalue weighted by atomic mass is 35.5. The Balaban J connectivity index is 1.63. The Labute approximate surface area is 203 Å². The zero-order chi connectivity index (χ0) is 24.5. The molecule has 4 rings (SSSR count). The molecule has 2 aliphatic rings. The topological polar surface area (TPSA) is 115 Å². The lowest BCUT2D eigenvalue weighted by Crippen LogP contribution is -2.64. The fourth-order valence-electron chi connectivity index (χ4n) is 4.44. The second-order valence-corrected chi connectivity index (χ2v) is 8.95. The second-order valence-electron chi connectivity index (χ2n) is 8.54. The smallest absolute Gasteiger partial charge is 0.490 e. The highest BCUT2D eigenvalue weighted by Crippen LogP contribution is 2.48. The highest BCUT2D eigenvalue weighted by Gasteiger charge is 2.58. The van der Waals surface area contributed by atoms with Crippen LogP contribution in [0.2, 0.25) is 5.02 Å². The molecule has 2 heterocycles. The van der Waals surface area contributed by atoms with Crippen LogP contribution in [0.5, 0.6) is 5.75 Å². The number of benzene rings is 2. The molecule has 34 heavy (non-hydrogen) atoms. The first-order valence-electron chi connectivity index (χ1n) is 11.3. The van der Waals surface area contributed by atoms with Gasteiger partial charge in [0.25, 0.3) is 0 Å². The number of aryl methyl sites for hydroxylation is 1. The number of fused-ring (bicyclic) bond motifs is 2. The van der Waals surface area contributed by atoms with Crippen molar-refractivity contribution in [3.05, 3.63) is 63.7 Å². The molecule has 1 saturated heterocycles. The SMILES string of the molecule is CCOC(=O)OC[C@H]1OC2(COc3cc(Cl)c(Cc4ccc(CC)cc4)cc32)[C@H](O)[C@@H](O)[C@H]1O. The molecule has 1 unspecified atom stereocenters. The second kappa shape index (κ2) is 10.1. The van der Waals surface area contributed by atoms with Crippen molar-refractivity contribution in [3.8, 4) is 5.75 Å². The van der Waals surface area contributed by atoms with Gasteiger partial charge in [0.15, 0.2) is 5.60 Å². The fraction of sp³-hybridized carbons (Fsp3) is 0.480. The first-order valence-corrected chi connectivity index (χ1v) is 11.7. The van der Waals surface area contributed by atoms with Gasteiger partial charge < -0.3 is 34.3 Å². The molecule has 1 fully saturated rings. The maximum atomic E-state index is 11.6. The molecule has 1 spiro atoms. The van der Waals surface area contributed by atoms with Crippen LogP contribution in [0.1, 0.15) is 36.1 Å². The van der Waals surface area contributed by atoms with Crippen LogP contribution in [-0.4, -0.2) is 65.7 Å². The summed E-state index contributed by atoms with van der Waals surface area (Å²) in [7, 11) is 0. The number of aliphatic hydroxyl groups is 3. The number of halogens is 1. The van der Waals surface area contributed by atoms with E-state index in [0.717, 1.165) is 17.5 Å². The summed E-state index contributed by atoms with van der Waals surface area (Å²) in [5.74, 6) is 0.419. The minimum Gasteiger partial charge on any atom is -0.490 e. The van der Waals surface area contributed by atoms with Gasteiger partial charge in [0.05, 0.1) is 6.61 Å². The third-order valence-electron chi connectivity index (χ3n) is 6.39. The van der Waals surface area contributed by atoms with Crippen LogP contribution in [0.4, 0.5) is 4.79 Å². The summed E-state index contributed by atoms with van der Waals surface area (Å²) >= 11 is 6.53. The molecule has 0 radical (unpaired) electrons. The van der Waals surface area contributed by atoms with Crippen molar-refractivity contribution in [2.75, 3.05) is 19.8 Å². The van der Waals surface area contributed by atoms with Crippen molar-refractivity contribution in [1.29, 1.82) is 0 Å². The van der Waals surface area contributed by atoms with Gasteiger partial charge in [-0.2, -0.15) is 0 Å². The molecule has 2 aromatic rings. The number of ether oxygens (including phenoxy) is 4. The Morgan fingerprint density at radius 1 is 1.09 bits per heavy atom. The molecule has 184 valence electrons. The Morgan fingerprint density at radius 3 is 2.47 bits per heavy atom. The molecule has 0 aromatic heterocycles. The lowest BCUT2D eigenvalue weighted by Gasteiger charge is -2.46. The molecule has 0 bridgehead atoms. The average molecular weight is 493 g/mol. The van der Waals surface area contributed by atoms with Crippen molar-refractivity contribution < 1.29 is 39.1 Å². The van der Waals surface area contributed by atoms with E-state index in [-0.39, 0.29) is 19.8 Å². The van der Waals surface area contributed by atoms with Crippen LogP contribution in [-0.2, 0) is 32.7 Å². The number of rotatable bonds is 6. The minimum absolute atomic E-state index is 0.103. The highest BCUT2D eigenvalue weighted by molar-refractivity contribution is 6.31. The van der Waals surface area contributed by atoms with E-state index in [2.05, 4.69) is 19.1 Å². The molecule has 2 aliphatic heterocycles. The van der Waals surface area contributed by atoms with E-state index < -0.39 is 36.2 Å². The van der Waals surface area contributed by atoms with Crippen molar-refractivity contribution in [2.45, 2.75) is 56.7 Å². The van der Waals surface area contributed by atoms with E-state index in [1.54, 1.807) is 19.1 Å². The largest absolute Gasteiger partial charge is 0.508 e. The lowest BCUT2D eigenvalue weighted by molar-refractivity contribution is -0.280. The van der Waals surface area contributed by atoms with Gasteiger partial charge in [0.1, 0.15) is 43.4 Å². The quantitative estimate of drug-likeness (QED) is 0.527. The van der Waals surface area contributed by atoms with Gasteiger partial charge in [-0.3, -0.25) is 0 Å². The number of aliphatic hydroxyl groups excluding tert-OH is 3. The third kappa shape index (κ3) is 4.61. The number of hydrogen-bond donors (Lipinski definition) is 3. The molecule has 9 heteroatoms. The third-order valence-corrected chi connectivity index (χ3v) is 6.75. The van der Waals surface area contributed by atoms with Crippen LogP contribution < -0.4 is 4.74 Å².